The van der Waals surface area contributed by atoms with Gasteiger partial charge in [-0.3, -0.25) is 5.43 Å². The number of ether oxygens (including phenoxy) is 1. The Bertz CT molecular complexity index is 1520. The van der Waals surface area contributed by atoms with Gasteiger partial charge in [-0.15, -0.1) is 10.2 Å². The number of hydrogen-bond acceptors (Lipinski definition) is 5. The average Bonchev–Trinajstić information content (AvgIpc) is 3.36. The molecule has 0 saturated carbocycles. The third-order valence-electron chi connectivity index (χ3n) is 5.81. The molecule has 0 amide bonds. The van der Waals surface area contributed by atoms with Gasteiger partial charge in [0.05, 0.1) is 5.70 Å². The fraction of sp³-hybridized carbons (Fsp3) is 0.0345. The summed E-state index contributed by atoms with van der Waals surface area (Å²) in [6, 6.07) is 36.2. The van der Waals surface area contributed by atoms with Crippen LogP contribution in [0.4, 0.5) is 0 Å². The van der Waals surface area contributed by atoms with Gasteiger partial charge in [-0.1, -0.05) is 84.4 Å². The van der Waals surface area contributed by atoms with Crippen molar-refractivity contribution in [1.82, 2.24) is 14.9 Å². The molecule has 0 spiro atoms. The summed E-state index contributed by atoms with van der Waals surface area (Å²) in [4.78, 5) is 1.11. The molecule has 0 unspecified atom stereocenters. The molecule has 1 aliphatic heterocycles. The third kappa shape index (κ3) is 4.61. The van der Waals surface area contributed by atoms with Crippen LogP contribution < -0.4 is 10.2 Å². The van der Waals surface area contributed by atoms with Crippen LogP contribution in [0.1, 0.15) is 16.7 Å². The van der Waals surface area contributed by atoms with Gasteiger partial charge in [0.15, 0.2) is 5.82 Å². The summed E-state index contributed by atoms with van der Waals surface area (Å²) in [5.74, 6) is 1.52. The number of halogens is 1. The highest BCUT2D eigenvalue weighted by Gasteiger charge is 2.25. The monoisotopic (exact) mass is 508 g/mol. The van der Waals surface area contributed by atoms with Crippen LogP contribution in [0, 0.1) is 0 Å². The summed E-state index contributed by atoms with van der Waals surface area (Å²) in [6.07, 6.45) is 0. The van der Waals surface area contributed by atoms with Crippen LogP contribution in [0.5, 0.6) is 5.75 Å². The van der Waals surface area contributed by atoms with Crippen LogP contribution in [0.15, 0.2) is 114 Å². The van der Waals surface area contributed by atoms with Gasteiger partial charge in [-0.2, -0.15) is 0 Å². The highest BCUT2D eigenvalue weighted by Crippen LogP contribution is 2.43. The second-order valence-corrected chi connectivity index (χ2v) is 9.65. The van der Waals surface area contributed by atoms with E-state index in [0.717, 1.165) is 49.6 Å². The van der Waals surface area contributed by atoms with Gasteiger partial charge in [0.25, 0.3) is 0 Å². The van der Waals surface area contributed by atoms with E-state index in [1.807, 2.05) is 89.6 Å². The van der Waals surface area contributed by atoms with Gasteiger partial charge in [-0.05, 0) is 59.3 Å². The number of aromatic nitrogens is 3. The van der Waals surface area contributed by atoms with Crippen molar-refractivity contribution in [2.45, 2.75) is 11.8 Å². The quantitative estimate of drug-likeness (QED) is 0.260. The van der Waals surface area contributed by atoms with Gasteiger partial charge < -0.3 is 4.74 Å². The first-order valence-electron chi connectivity index (χ1n) is 11.5. The zero-order valence-electron chi connectivity index (χ0n) is 19.1. The van der Waals surface area contributed by atoms with Crippen LogP contribution in [0.3, 0.4) is 0 Å². The summed E-state index contributed by atoms with van der Waals surface area (Å²) in [6.45, 7) is 0.475. The van der Waals surface area contributed by atoms with Gasteiger partial charge in [0.2, 0.25) is 5.16 Å². The van der Waals surface area contributed by atoms with Crippen LogP contribution in [0.2, 0.25) is 5.02 Å². The first-order chi connectivity index (χ1) is 17.7. The molecule has 6 rings (SSSR count). The Morgan fingerprint density at radius 2 is 1.39 bits per heavy atom. The molecule has 0 atom stereocenters. The minimum atomic E-state index is 0.475. The average molecular weight is 509 g/mol. The molecular weight excluding hydrogens is 488 g/mol. The van der Waals surface area contributed by atoms with E-state index in [-0.39, 0.29) is 0 Å². The van der Waals surface area contributed by atoms with E-state index in [2.05, 4.69) is 39.9 Å². The van der Waals surface area contributed by atoms with E-state index in [4.69, 9.17) is 16.3 Å². The molecular formula is C29H21ClN4OS. The maximum Gasteiger partial charge on any atom is 0.215 e. The highest BCUT2D eigenvalue weighted by molar-refractivity contribution is 8.08. The van der Waals surface area contributed by atoms with Crippen molar-refractivity contribution < 1.29 is 4.74 Å². The molecule has 1 aliphatic rings. The maximum absolute atomic E-state index is 5.97. The molecule has 176 valence electrons. The highest BCUT2D eigenvalue weighted by atomic mass is 35.5. The van der Waals surface area contributed by atoms with E-state index >= 15 is 0 Å². The molecule has 4 aromatic carbocycles. The summed E-state index contributed by atoms with van der Waals surface area (Å²) in [7, 11) is 0. The van der Waals surface area contributed by atoms with Gasteiger partial charge in [0, 0.05) is 21.1 Å². The zero-order valence-corrected chi connectivity index (χ0v) is 20.7. The molecule has 5 aromatic rings. The van der Waals surface area contributed by atoms with Crippen LogP contribution in [0.25, 0.3) is 22.0 Å². The largest absolute Gasteiger partial charge is 0.489 e. The van der Waals surface area contributed by atoms with Crippen molar-refractivity contribution in [3.63, 3.8) is 0 Å². The molecule has 0 fully saturated rings. The Kier molecular flexibility index (Phi) is 6.20. The Morgan fingerprint density at radius 1 is 0.722 bits per heavy atom. The van der Waals surface area contributed by atoms with E-state index in [0.29, 0.717) is 11.6 Å². The fourth-order valence-electron chi connectivity index (χ4n) is 3.97. The van der Waals surface area contributed by atoms with Gasteiger partial charge in [-0.25, -0.2) is 4.68 Å². The first kappa shape index (κ1) is 22.5. The van der Waals surface area contributed by atoms with Crippen LogP contribution in [-0.4, -0.2) is 14.9 Å². The van der Waals surface area contributed by atoms with Crippen molar-refractivity contribution >= 4 is 34.0 Å². The van der Waals surface area contributed by atoms with Crippen LogP contribution >= 0.6 is 23.4 Å². The number of nitrogens with one attached hydrogen (secondary N) is 1. The standard InChI is InChI=1S/C29H21ClN4OS/c30-24-15-11-20(12-16-24)19-35-25-17-13-23(14-18-25)28-31-32-29-34(28)33-26(21-7-3-1-4-8-21)27(36-29)22-9-5-2-6-10-22/h1-18,33H,19H2. The topological polar surface area (TPSA) is 52.0 Å². The number of rotatable bonds is 6. The number of thioether (sulfide) groups is 1. The summed E-state index contributed by atoms with van der Waals surface area (Å²) >= 11 is 7.58. The second-order valence-electron chi connectivity index (χ2n) is 8.23. The van der Waals surface area contributed by atoms with Crippen molar-refractivity contribution in [2.75, 3.05) is 5.43 Å². The molecule has 1 N–H and O–H groups in total. The second kappa shape index (κ2) is 9.93. The number of nitrogens with zero attached hydrogens (tertiary/aromatic N) is 3. The first-order valence-corrected chi connectivity index (χ1v) is 12.7. The molecule has 0 saturated heterocycles. The van der Waals surface area contributed by atoms with Crippen molar-refractivity contribution in [3.05, 3.63) is 131 Å². The maximum atomic E-state index is 5.97. The predicted molar refractivity (Wildman–Crippen MR) is 146 cm³/mol. The minimum Gasteiger partial charge on any atom is -0.489 e. The molecule has 1 aromatic heterocycles. The lowest BCUT2D eigenvalue weighted by molar-refractivity contribution is 0.306. The zero-order chi connectivity index (χ0) is 24.3. The molecule has 36 heavy (non-hydrogen) atoms. The molecule has 2 heterocycles. The Labute approximate surface area is 218 Å². The number of benzene rings is 4. The molecule has 0 bridgehead atoms. The van der Waals surface area contributed by atoms with Crippen LogP contribution in [-0.2, 0) is 6.61 Å². The molecule has 0 aliphatic carbocycles. The lowest BCUT2D eigenvalue weighted by Gasteiger charge is -2.24. The van der Waals surface area contributed by atoms with E-state index < -0.39 is 0 Å². The van der Waals surface area contributed by atoms with Crippen molar-refractivity contribution in [2.24, 2.45) is 0 Å². The predicted octanol–water partition coefficient (Wildman–Crippen LogP) is 7.35. The fourth-order valence-corrected chi connectivity index (χ4v) is 5.10. The minimum absolute atomic E-state index is 0.475. The Hall–Kier alpha value is -4.00. The third-order valence-corrected chi connectivity index (χ3v) is 7.15. The molecule has 0 radical (unpaired) electrons. The van der Waals surface area contributed by atoms with E-state index in [1.54, 1.807) is 11.8 Å². The normalized spacial score (nSPS) is 12.7. The molecule has 5 nitrogen and oxygen atoms in total. The number of fused-ring (bicyclic) bond motifs is 1. The Balaban J connectivity index is 1.28. The van der Waals surface area contributed by atoms with E-state index in [9.17, 15) is 0 Å². The summed E-state index contributed by atoms with van der Waals surface area (Å²) in [5.41, 5.74) is 8.83. The van der Waals surface area contributed by atoms with Crippen molar-refractivity contribution in [3.8, 4) is 17.1 Å². The van der Waals surface area contributed by atoms with E-state index in [1.165, 1.54) is 0 Å². The lowest BCUT2D eigenvalue weighted by atomic mass is 10.1. The SMILES string of the molecule is Clc1ccc(COc2ccc(-c3nnc4n3NC(c3ccccc3)=C(c3ccccc3)S4)cc2)cc1. The number of hydrogen-bond donors (Lipinski definition) is 1. The molecule has 7 heteroatoms. The van der Waals surface area contributed by atoms with Gasteiger partial charge >= 0.3 is 0 Å². The Morgan fingerprint density at radius 3 is 2.08 bits per heavy atom. The summed E-state index contributed by atoms with van der Waals surface area (Å²) < 4.78 is 7.89. The smallest absolute Gasteiger partial charge is 0.215 e. The van der Waals surface area contributed by atoms with Gasteiger partial charge in [0.1, 0.15) is 12.4 Å². The summed E-state index contributed by atoms with van der Waals surface area (Å²) in [5, 5.41) is 10.5. The lowest BCUT2D eigenvalue weighted by Crippen LogP contribution is -2.20. The van der Waals surface area contributed by atoms with Crippen molar-refractivity contribution in [1.29, 1.82) is 0 Å².